The van der Waals surface area contributed by atoms with Gasteiger partial charge in [-0.1, -0.05) is 47.4 Å². The monoisotopic (exact) mass is 388 g/mol. The smallest absolute Gasteiger partial charge is 0.234 e. The zero-order valence-electron chi connectivity index (χ0n) is 14.2. The predicted octanol–water partition coefficient (Wildman–Crippen LogP) is 4.77. The van der Waals surface area contributed by atoms with Crippen molar-refractivity contribution in [2.75, 3.05) is 16.4 Å². The number of hydrogen-bond donors (Lipinski definition) is 2. The number of halogens is 1. The van der Waals surface area contributed by atoms with Crippen LogP contribution in [0.3, 0.4) is 0 Å². The van der Waals surface area contributed by atoms with Crippen molar-refractivity contribution in [3.05, 3.63) is 59.4 Å². The second-order valence-corrected chi connectivity index (χ2v) is 7.76. The molecule has 0 aliphatic carbocycles. The van der Waals surface area contributed by atoms with Gasteiger partial charge in [-0.15, -0.1) is 10.2 Å². The number of nitrogens with zero attached hydrogens (tertiary/aromatic N) is 2. The minimum Gasteiger partial charge on any atom is -0.330 e. The van der Waals surface area contributed by atoms with E-state index in [4.69, 9.17) is 0 Å². The van der Waals surface area contributed by atoms with E-state index in [2.05, 4.69) is 33.8 Å². The Morgan fingerprint density at radius 2 is 1.88 bits per heavy atom. The molecule has 0 fully saturated rings. The van der Waals surface area contributed by atoms with Crippen LogP contribution in [0, 0.1) is 19.7 Å². The largest absolute Gasteiger partial charge is 0.330 e. The molecule has 0 aliphatic heterocycles. The summed E-state index contributed by atoms with van der Waals surface area (Å²) < 4.78 is 14.2. The maximum atomic E-state index is 13.5. The van der Waals surface area contributed by atoms with E-state index in [9.17, 15) is 9.18 Å². The summed E-state index contributed by atoms with van der Waals surface area (Å²) in [6.07, 6.45) is 0. The highest BCUT2D eigenvalue weighted by molar-refractivity contribution is 8.01. The van der Waals surface area contributed by atoms with Crippen molar-refractivity contribution in [2.24, 2.45) is 0 Å². The standard InChI is InChI=1S/C18H17FN4OS2/c1-11-6-5-9-14(12(11)2)21-17-22-23-18(26-17)25-10-16(24)20-15-8-4-3-7-13(15)19/h3-9H,10H2,1-2H3,(H,20,24)(H,21,22). The Labute approximate surface area is 159 Å². The molecule has 0 saturated carbocycles. The summed E-state index contributed by atoms with van der Waals surface area (Å²) in [6, 6.07) is 12.1. The second kappa shape index (κ2) is 8.29. The van der Waals surface area contributed by atoms with E-state index >= 15 is 0 Å². The molecular weight excluding hydrogens is 371 g/mol. The fraction of sp³-hybridized carbons (Fsp3) is 0.167. The van der Waals surface area contributed by atoms with E-state index in [0.29, 0.717) is 9.47 Å². The maximum Gasteiger partial charge on any atom is 0.234 e. The molecule has 26 heavy (non-hydrogen) atoms. The minimum absolute atomic E-state index is 0.131. The maximum absolute atomic E-state index is 13.5. The summed E-state index contributed by atoms with van der Waals surface area (Å²) in [4.78, 5) is 12.0. The van der Waals surface area contributed by atoms with Crippen LogP contribution in [-0.2, 0) is 4.79 Å². The van der Waals surface area contributed by atoms with E-state index in [1.54, 1.807) is 12.1 Å². The molecule has 0 saturated heterocycles. The molecule has 1 amide bonds. The molecule has 1 aromatic heterocycles. The quantitative estimate of drug-likeness (QED) is 0.596. The average Bonchev–Trinajstić information content (AvgIpc) is 3.07. The van der Waals surface area contributed by atoms with Gasteiger partial charge in [0.1, 0.15) is 5.82 Å². The molecule has 3 aromatic rings. The van der Waals surface area contributed by atoms with Gasteiger partial charge >= 0.3 is 0 Å². The van der Waals surface area contributed by atoms with E-state index in [-0.39, 0.29) is 17.3 Å². The molecular formula is C18H17FN4OS2. The molecule has 3 rings (SSSR count). The van der Waals surface area contributed by atoms with Gasteiger partial charge in [0.2, 0.25) is 11.0 Å². The van der Waals surface area contributed by atoms with Gasteiger partial charge in [0.15, 0.2) is 4.34 Å². The van der Waals surface area contributed by atoms with Crippen molar-refractivity contribution >= 4 is 45.5 Å². The van der Waals surface area contributed by atoms with Gasteiger partial charge in [-0.05, 0) is 43.2 Å². The molecule has 0 bridgehead atoms. The first-order valence-electron chi connectivity index (χ1n) is 7.87. The number of carbonyl (C=O) groups excluding carboxylic acids is 1. The fourth-order valence-electron chi connectivity index (χ4n) is 2.20. The third-order valence-electron chi connectivity index (χ3n) is 3.73. The third-order valence-corrected chi connectivity index (χ3v) is 5.70. The van der Waals surface area contributed by atoms with Gasteiger partial charge in [-0.3, -0.25) is 4.79 Å². The van der Waals surface area contributed by atoms with Crippen LogP contribution in [0.5, 0.6) is 0 Å². The highest BCUT2D eigenvalue weighted by Crippen LogP contribution is 2.29. The molecule has 134 valence electrons. The lowest BCUT2D eigenvalue weighted by Crippen LogP contribution is -2.14. The molecule has 0 spiro atoms. The molecule has 0 aliphatic rings. The number of anilines is 3. The summed E-state index contributed by atoms with van der Waals surface area (Å²) in [6.45, 7) is 4.09. The lowest BCUT2D eigenvalue weighted by molar-refractivity contribution is -0.113. The first-order chi connectivity index (χ1) is 12.5. The van der Waals surface area contributed by atoms with Gasteiger partial charge < -0.3 is 10.6 Å². The van der Waals surface area contributed by atoms with Crippen LogP contribution < -0.4 is 10.6 Å². The molecule has 0 radical (unpaired) electrons. The minimum atomic E-state index is -0.457. The molecule has 5 nitrogen and oxygen atoms in total. The number of rotatable bonds is 6. The van der Waals surface area contributed by atoms with Gasteiger partial charge in [0, 0.05) is 5.69 Å². The summed E-state index contributed by atoms with van der Waals surface area (Å²) in [7, 11) is 0. The highest BCUT2D eigenvalue weighted by Gasteiger charge is 2.11. The number of hydrogen-bond acceptors (Lipinski definition) is 6. The fourth-order valence-corrected chi connectivity index (χ4v) is 3.76. The van der Waals surface area contributed by atoms with Crippen LogP contribution in [0.2, 0.25) is 0 Å². The topological polar surface area (TPSA) is 66.9 Å². The van der Waals surface area contributed by atoms with Crippen molar-refractivity contribution in [3.63, 3.8) is 0 Å². The zero-order chi connectivity index (χ0) is 18.5. The van der Waals surface area contributed by atoms with Crippen molar-refractivity contribution in [3.8, 4) is 0 Å². The second-order valence-electron chi connectivity index (χ2n) is 5.56. The Balaban J connectivity index is 1.56. The van der Waals surface area contributed by atoms with Crippen LogP contribution in [0.25, 0.3) is 0 Å². The molecule has 1 heterocycles. The van der Waals surface area contributed by atoms with Crippen molar-refractivity contribution < 1.29 is 9.18 Å². The molecule has 0 unspecified atom stereocenters. The van der Waals surface area contributed by atoms with Crippen molar-refractivity contribution in [1.29, 1.82) is 0 Å². The Hall–Kier alpha value is -2.45. The number of benzene rings is 2. The van der Waals surface area contributed by atoms with Gasteiger partial charge in [-0.25, -0.2) is 4.39 Å². The Morgan fingerprint density at radius 1 is 1.12 bits per heavy atom. The lowest BCUT2D eigenvalue weighted by atomic mass is 10.1. The van der Waals surface area contributed by atoms with Crippen LogP contribution in [0.1, 0.15) is 11.1 Å². The third kappa shape index (κ3) is 4.59. The molecule has 2 N–H and O–H groups in total. The summed E-state index contributed by atoms with van der Waals surface area (Å²) >= 11 is 2.63. The predicted molar refractivity (Wildman–Crippen MR) is 105 cm³/mol. The van der Waals surface area contributed by atoms with Gasteiger partial charge in [-0.2, -0.15) is 0 Å². The molecule has 0 atom stereocenters. The van der Waals surface area contributed by atoms with Gasteiger partial charge in [0.05, 0.1) is 11.4 Å². The number of aryl methyl sites for hydroxylation is 1. The van der Waals surface area contributed by atoms with Crippen LogP contribution >= 0.6 is 23.1 Å². The summed E-state index contributed by atoms with van der Waals surface area (Å²) in [5, 5.41) is 14.6. The van der Waals surface area contributed by atoms with E-state index in [1.807, 2.05) is 19.1 Å². The van der Waals surface area contributed by atoms with E-state index in [0.717, 1.165) is 11.3 Å². The Morgan fingerprint density at radius 3 is 2.69 bits per heavy atom. The summed E-state index contributed by atoms with van der Waals surface area (Å²) in [5.41, 5.74) is 3.50. The van der Waals surface area contributed by atoms with Crippen LogP contribution in [0.15, 0.2) is 46.8 Å². The lowest BCUT2D eigenvalue weighted by Gasteiger charge is -2.08. The van der Waals surface area contributed by atoms with E-state index in [1.165, 1.54) is 40.8 Å². The van der Waals surface area contributed by atoms with Crippen LogP contribution in [-0.4, -0.2) is 21.9 Å². The Bertz CT molecular complexity index is 929. The number of thioether (sulfide) groups is 1. The number of nitrogens with one attached hydrogen (secondary N) is 2. The van der Waals surface area contributed by atoms with Crippen molar-refractivity contribution in [1.82, 2.24) is 10.2 Å². The number of aromatic nitrogens is 2. The SMILES string of the molecule is Cc1cccc(Nc2nnc(SCC(=O)Nc3ccccc3F)s2)c1C. The number of amides is 1. The molecule has 8 heteroatoms. The van der Waals surface area contributed by atoms with Crippen LogP contribution in [0.4, 0.5) is 20.9 Å². The normalized spacial score (nSPS) is 10.6. The highest BCUT2D eigenvalue weighted by atomic mass is 32.2. The molecule has 2 aromatic carbocycles. The summed E-state index contributed by atoms with van der Waals surface area (Å²) in [5.74, 6) is -0.618. The first-order valence-corrected chi connectivity index (χ1v) is 9.67. The van der Waals surface area contributed by atoms with Crippen molar-refractivity contribution in [2.45, 2.75) is 18.2 Å². The first kappa shape index (κ1) is 18.3. The Kier molecular flexibility index (Phi) is 5.85. The van der Waals surface area contributed by atoms with E-state index < -0.39 is 5.82 Å². The van der Waals surface area contributed by atoms with Gasteiger partial charge in [0.25, 0.3) is 0 Å². The number of carbonyl (C=O) groups is 1. The average molecular weight is 388 g/mol. The zero-order valence-corrected chi connectivity index (χ0v) is 15.9. The number of para-hydroxylation sites is 1.